The molecule has 4 nitrogen and oxygen atoms in total. The first-order valence-electron chi connectivity index (χ1n) is 6.25. The lowest BCUT2D eigenvalue weighted by molar-refractivity contribution is 0.0632. The number of aliphatic hydroxyl groups is 1. The molecule has 1 aromatic carbocycles. The Morgan fingerprint density at radius 3 is 2.76 bits per heavy atom. The predicted molar refractivity (Wildman–Crippen MR) is 80.9 cm³/mol. The first-order chi connectivity index (χ1) is 9.78. The summed E-state index contributed by atoms with van der Waals surface area (Å²) in [6.07, 6.45) is 0. The first kappa shape index (κ1) is 16.1. The topological polar surface area (TPSA) is 66.4 Å². The number of rotatable bonds is 6. The van der Waals surface area contributed by atoms with E-state index in [1.165, 1.54) is 29.5 Å². The van der Waals surface area contributed by atoms with E-state index in [9.17, 15) is 17.9 Å². The molecule has 0 saturated heterocycles. The highest BCUT2D eigenvalue weighted by Crippen LogP contribution is 2.22. The van der Waals surface area contributed by atoms with E-state index in [0.29, 0.717) is 11.1 Å². The fourth-order valence-electron chi connectivity index (χ4n) is 1.82. The largest absolute Gasteiger partial charge is 0.384 e. The predicted octanol–water partition coefficient (Wildman–Crippen LogP) is 2.21. The van der Waals surface area contributed by atoms with Crippen LogP contribution in [-0.2, 0) is 21.4 Å². The number of thiophene rings is 1. The molecule has 114 valence electrons. The molecule has 2 rings (SSSR count). The van der Waals surface area contributed by atoms with Crippen molar-refractivity contribution in [3.05, 3.63) is 58.0 Å². The van der Waals surface area contributed by atoms with Crippen LogP contribution < -0.4 is 4.72 Å². The molecule has 1 aromatic heterocycles. The van der Waals surface area contributed by atoms with Crippen molar-refractivity contribution in [2.45, 2.75) is 18.3 Å². The van der Waals surface area contributed by atoms with Crippen LogP contribution in [0.25, 0.3) is 0 Å². The second kappa shape index (κ2) is 6.23. The van der Waals surface area contributed by atoms with Gasteiger partial charge in [-0.1, -0.05) is 12.1 Å². The van der Waals surface area contributed by atoms with Crippen LogP contribution in [0.1, 0.15) is 18.1 Å². The summed E-state index contributed by atoms with van der Waals surface area (Å²) in [5.41, 5.74) is -0.270. The Morgan fingerprint density at radius 1 is 1.38 bits per heavy atom. The number of halogens is 1. The summed E-state index contributed by atoms with van der Waals surface area (Å²) in [6.45, 7) is 1.40. The van der Waals surface area contributed by atoms with Gasteiger partial charge in [0.15, 0.2) is 0 Å². The normalized spacial score (nSPS) is 14.8. The lowest BCUT2D eigenvalue weighted by Gasteiger charge is -2.22. The highest BCUT2D eigenvalue weighted by atomic mass is 32.2. The average Bonchev–Trinajstić information content (AvgIpc) is 2.91. The summed E-state index contributed by atoms with van der Waals surface area (Å²) in [7, 11) is -3.65. The zero-order valence-electron chi connectivity index (χ0n) is 11.4. The Labute approximate surface area is 127 Å². The van der Waals surface area contributed by atoms with Crippen molar-refractivity contribution in [3.8, 4) is 0 Å². The van der Waals surface area contributed by atoms with Gasteiger partial charge in [0.05, 0.1) is 5.75 Å². The summed E-state index contributed by atoms with van der Waals surface area (Å²) >= 11 is 1.43. The van der Waals surface area contributed by atoms with Crippen molar-refractivity contribution < 1.29 is 17.9 Å². The lowest BCUT2D eigenvalue weighted by atomic mass is 10.0. The Kier molecular flexibility index (Phi) is 4.77. The molecule has 0 aliphatic carbocycles. The smallest absolute Gasteiger partial charge is 0.215 e. The van der Waals surface area contributed by atoms with Gasteiger partial charge in [0.25, 0.3) is 0 Å². The van der Waals surface area contributed by atoms with Gasteiger partial charge in [0.2, 0.25) is 10.0 Å². The number of hydrogen-bond acceptors (Lipinski definition) is 4. The Balaban J connectivity index is 2.02. The molecule has 0 radical (unpaired) electrons. The van der Waals surface area contributed by atoms with Crippen molar-refractivity contribution in [2.24, 2.45) is 0 Å². The summed E-state index contributed by atoms with van der Waals surface area (Å²) in [5, 5.41) is 13.8. The molecular weight excluding hydrogens is 313 g/mol. The third-order valence-electron chi connectivity index (χ3n) is 3.03. The molecule has 1 atom stereocenters. The minimum absolute atomic E-state index is 0.138. The monoisotopic (exact) mass is 329 g/mol. The zero-order valence-corrected chi connectivity index (χ0v) is 13.0. The van der Waals surface area contributed by atoms with Crippen LogP contribution in [-0.4, -0.2) is 20.1 Å². The van der Waals surface area contributed by atoms with E-state index in [-0.39, 0.29) is 12.3 Å². The lowest BCUT2D eigenvalue weighted by Crippen LogP contribution is -2.38. The van der Waals surface area contributed by atoms with Gasteiger partial charge in [-0.2, -0.15) is 11.3 Å². The van der Waals surface area contributed by atoms with Crippen LogP contribution >= 0.6 is 11.3 Å². The molecule has 2 aromatic rings. The van der Waals surface area contributed by atoms with Gasteiger partial charge in [0.1, 0.15) is 11.4 Å². The van der Waals surface area contributed by atoms with Gasteiger partial charge in [-0.15, -0.1) is 0 Å². The van der Waals surface area contributed by atoms with E-state index in [2.05, 4.69) is 4.72 Å². The molecule has 0 fully saturated rings. The molecule has 0 amide bonds. The van der Waals surface area contributed by atoms with E-state index >= 15 is 0 Å². The maximum Gasteiger partial charge on any atom is 0.215 e. The Bertz CT molecular complexity index is 697. The molecule has 2 N–H and O–H groups in total. The molecule has 0 saturated carbocycles. The Hall–Kier alpha value is -1.28. The second-order valence-electron chi connectivity index (χ2n) is 5.00. The first-order valence-corrected chi connectivity index (χ1v) is 8.85. The SMILES string of the molecule is C[C@@](O)(CNS(=O)(=O)Cc1cccc(F)c1)c1ccsc1. The van der Waals surface area contributed by atoms with E-state index in [1.54, 1.807) is 24.4 Å². The van der Waals surface area contributed by atoms with Crippen molar-refractivity contribution in [2.75, 3.05) is 6.54 Å². The van der Waals surface area contributed by atoms with Crippen molar-refractivity contribution in [1.29, 1.82) is 0 Å². The van der Waals surface area contributed by atoms with Gasteiger partial charge in [0, 0.05) is 6.54 Å². The van der Waals surface area contributed by atoms with E-state index < -0.39 is 21.4 Å². The van der Waals surface area contributed by atoms with E-state index in [0.717, 1.165) is 0 Å². The quantitative estimate of drug-likeness (QED) is 0.854. The van der Waals surface area contributed by atoms with Crippen molar-refractivity contribution >= 4 is 21.4 Å². The molecule has 21 heavy (non-hydrogen) atoms. The van der Waals surface area contributed by atoms with Gasteiger partial charge in [-0.3, -0.25) is 0 Å². The summed E-state index contributed by atoms with van der Waals surface area (Å²) in [5.74, 6) is -0.808. The highest BCUT2D eigenvalue weighted by Gasteiger charge is 2.26. The maximum atomic E-state index is 13.0. The third-order valence-corrected chi connectivity index (χ3v) is 5.01. The average molecular weight is 329 g/mol. The van der Waals surface area contributed by atoms with Crippen LogP contribution in [0.4, 0.5) is 4.39 Å². The number of sulfonamides is 1. The zero-order chi connectivity index (χ0) is 15.5. The van der Waals surface area contributed by atoms with Gasteiger partial charge >= 0.3 is 0 Å². The third kappa shape index (κ3) is 4.60. The minimum atomic E-state index is -3.65. The minimum Gasteiger partial charge on any atom is -0.384 e. The van der Waals surface area contributed by atoms with Crippen LogP contribution in [0.2, 0.25) is 0 Å². The highest BCUT2D eigenvalue weighted by molar-refractivity contribution is 7.88. The molecule has 0 unspecified atom stereocenters. The molecule has 7 heteroatoms. The summed E-state index contributed by atoms with van der Waals surface area (Å²) in [6, 6.07) is 7.17. The fraction of sp³-hybridized carbons (Fsp3) is 0.286. The molecule has 0 bridgehead atoms. The van der Waals surface area contributed by atoms with Gasteiger partial charge in [-0.25, -0.2) is 17.5 Å². The molecule has 0 aliphatic rings. The van der Waals surface area contributed by atoms with Crippen LogP contribution in [0.15, 0.2) is 41.1 Å². The van der Waals surface area contributed by atoms with Crippen molar-refractivity contribution in [3.63, 3.8) is 0 Å². The van der Waals surface area contributed by atoms with Crippen LogP contribution in [0.3, 0.4) is 0 Å². The van der Waals surface area contributed by atoms with Gasteiger partial charge in [-0.05, 0) is 47.0 Å². The van der Waals surface area contributed by atoms with Gasteiger partial charge < -0.3 is 5.11 Å². The summed E-state index contributed by atoms with van der Waals surface area (Å²) in [4.78, 5) is 0. The van der Waals surface area contributed by atoms with Crippen LogP contribution in [0, 0.1) is 5.82 Å². The molecule has 0 aliphatic heterocycles. The molecular formula is C14H16FNO3S2. The number of nitrogens with one attached hydrogen (secondary N) is 1. The summed E-state index contributed by atoms with van der Waals surface area (Å²) < 4.78 is 39.4. The van der Waals surface area contributed by atoms with Crippen molar-refractivity contribution in [1.82, 2.24) is 4.72 Å². The van der Waals surface area contributed by atoms with E-state index in [4.69, 9.17) is 0 Å². The van der Waals surface area contributed by atoms with Crippen LogP contribution in [0.5, 0.6) is 0 Å². The van der Waals surface area contributed by atoms with E-state index in [1.807, 2.05) is 5.38 Å². The fourth-order valence-corrected chi connectivity index (χ4v) is 3.82. The molecule has 1 heterocycles. The number of benzene rings is 1. The second-order valence-corrected chi connectivity index (χ2v) is 7.58. The number of hydrogen-bond donors (Lipinski definition) is 2. The Morgan fingerprint density at radius 2 is 2.14 bits per heavy atom. The standard InChI is InChI=1S/C14H16FNO3S2/c1-14(17,12-5-6-20-8-12)10-16-21(18,19)9-11-3-2-4-13(15)7-11/h2-8,16-17H,9-10H2,1H3/t14-/m1/s1. The maximum absolute atomic E-state index is 13.0. The molecule has 0 spiro atoms.